The van der Waals surface area contributed by atoms with Crippen molar-refractivity contribution in [1.82, 2.24) is 5.32 Å². The van der Waals surface area contributed by atoms with Crippen LogP contribution in [-0.4, -0.2) is 23.7 Å². The van der Waals surface area contributed by atoms with Crippen LogP contribution in [0.25, 0.3) is 0 Å². The summed E-state index contributed by atoms with van der Waals surface area (Å²) in [6.45, 7) is 0.858. The van der Waals surface area contributed by atoms with Gasteiger partial charge < -0.3 is 10.4 Å². The Bertz CT molecular complexity index is 101. The zero-order valence-corrected chi connectivity index (χ0v) is 7.55. The van der Waals surface area contributed by atoms with Crippen molar-refractivity contribution < 1.29 is 39.5 Å². The fourth-order valence-electron chi connectivity index (χ4n) is 0.895. The summed E-state index contributed by atoms with van der Waals surface area (Å²) in [5, 5.41) is 11.2. The smallest absolute Gasteiger partial charge is 0.480 e. The quantitative estimate of drug-likeness (QED) is 0.376. The van der Waals surface area contributed by atoms with Gasteiger partial charge in [0.1, 0.15) is 6.04 Å². The molecule has 1 heterocycles. The van der Waals surface area contributed by atoms with E-state index >= 15 is 0 Å². The Morgan fingerprint density at radius 1 is 1.67 bits per heavy atom. The summed E-state index contributed by atoms with van der Waals surface area (Å²) in [4.78, 5) is 10.1. The second-order valence-corrected chi connectivity index (χ2v) is 1.99. The molecule has 46 valence electrons. The molecule has 0 bridgehead atoms. The number of hydrogen-bond donors (Lipinski definition) is 2. The molecule has 1 atom stereocenters. The molecule has 1 aliphatic heterocycles. The first-order valence-electron chi connectivity index (χ1n) is 2.77. The monoisotopic (exact) mass is 138 g/mol. The van der Waals surface area contributed by atoms with E-state index in [0.29, 0.717) is 0 Å². The summed E-state index contributed by atoms with van der Waals surface area (Å²) in [6.07, 6.45) is 1.78. The van der Waals surface area contributed by atoms with Crippen molar-refractivity contribution in [3.63, 3.8) is 0 Å². The maximum atomic E-state index is 10.1. The Labute approximate surface area is 76.1 Å². The fourth-order valence-corrected chi connectivity index (χ4v) is 0.895. The zero-order valence-electron chi connectivity index (χ0n) is 5.55. The van der Waals surface area contributed by atoms with Crippen LogP contribution in [0.5, 0.6) is 0 Å². The van der Waals surface area contributed by atoms with Gasteiger partial charge >= 0.3 is 35.5 Å². The molecular formula is C5H9NNaO2+. The molecule has 2 N–H and O–H groups in total. The van der Waals surface area contributed by atoms with Crippen molar-refractivity contribution in [2.24, 2.45) is 0 Å². The molecule has 4 heteroatoms. The van der Waals surface area contributed by atoms with Gasteiger partial charge in [-0.3, -0.25) is 4.79 Å². The molecule has 1 unspecified atom stereocenters. The van der Waals surface area contributed by atoms with E-state index in [2.05, 4.69) is 5.32 Å². The molecule has 0 aromatic rings. The molecule has 9 heavy (non-hydrogen) atoms. The van der Waals surface area contributed by atoms with E-state index in [4.69, 9.17) is 5.11 Å². The maximum Gasteiger partial charge on any atom is 1.00 e. The Hall–Kier alpha value is 0.430. The largest absolute Gasteiger partial charge is 1.00 e. The molecule has 0 amide bonds. The molecule has 0 aromatic carbocycles. The van der Waals surface area contributed by atoms with Crippen LogP contribution in [0.4, 0.5) is 0 Å². The van der Waals surface area contributed by atoms with Crippen molar-refractivity contribution in [2.45, 2.75) is 18.9 Å². The number of aliphatic carboxylic acids is 1. The predicted octanol–water partition coefficient (Wildman–Crippen LogP) is -3.17. The van der Waals surface area contributed by atoms with Crippen molar-refractivity contribution in [2.75, 3.05) is 6.54 Å². The molecule has 1 aliphatic rings. The Morgan fingerprint density at radius 2 is 2.33 bits per heavy atom. The summed E-state index contributed by atoms with van der Waals surface area (Å²) in [7, 11) is 0. The van der Waals surface area contributed by atoms with Gasteiger partial charge in [0.25, 0.3) is 0 Å². The van der Waals surface area contributed by atoms with Gasteiger partial charge in [-0.15, -0.1) is 0 Å². The Morgan fingerprint density at radius 3 is 2.56 bits per heavy atom. The average molecular weight is 138 g/mol. The minimum absolute atomic E-state index is 0. The topological polar surface area (TPSA) is 49.3 Å². The Kier molecular flexibility index (Phi) is 4.48. The van der Waals surface area contributed by atoms with Gasteiger partial charge in [0.2, 0.25) is 0 Å². The van der Waals surface area contributed by atoms with Crippen molar-refractivity contribution >= 4 is 5.97 Å². The van der Waals surface area contributed by atoms with Crippen LogP contribution < -0.4 is 34.9 Å². The summed E-state index contributed by atoms with van der Waals surface area (Å²) in [6, 6.07) is -0.269. The van der Waals surface area contributed by atoms with Gasteiger partial charge in [0, 0.05) is 0 Å². The fraction of sp³-hybridized carbons (Fsp3) is 0.800. The van der Waals surface area contributed by atoms with Crippen LogP contribution in [0.3, 0.4) is 0 Å². The maximum absolute atomic E-state index is 10.1. The van der Waals surface area contributed by atoms with Crippen LogP contribution in [0.1, 0.15) is 12.8 Å². The second kappa shape index (κ2) is 4.28. The van der Waals surface area contributed by atoms with Crippen LogP contribution in [0.15, 0.2) is 0 Å². The van der Waals surface area contributed by atoms with E-state index in [9.17, 15) is 4.79 Å². The number of carbonyl (C=O) groups is 1. The van der Waals surface area contributed by atoms with Crippen molar-refractivity contribution in [1.29, 1.82) is 0 Å². The van der Waals surface area contributed by atoms with Crippen LogP contribution in [0, 0.1) is 0 Å². The summed E-state index contributed by atoms with van der Waals surface area (Å²) < 4.78 is 0. The molecule has 0 spiro atoms. The first-order chi connectivity index (χ1) is 3.80. The second-order valence-electron chi connectivity index (χ2n) is 1.99. The van der Waals surface area contributed by atoms with Gasteiger partial charge in [-0.2, -0.15) is 0 Å². The Balaban J connectivity index is 0.000000640. The van der Waals surface area contributed by atoms with Gasteiger partial charge in [-0.25, -0.2) is 0 Å². The zero-order chi connectivity index (χ0) is 5.98. The summed E-state index contributed by atoms with van der Waals surface area (Å²) >= 11 is 0. The summed E-state index contributed by atoms with van der Waals surface area (Å²) in [5.74, 6) is -0.720. The third-order valence-corrected chi connectivity index (χ3v) is 1.36. The number of hydrogen-bond acceptors (Lipinski definition) is 2. The van der Waals surface area contributed by atoms with Gasteiger partial charge in [0.05, 0.1) is 0 Å². The van der Waals surface area contributed by atoms with E-state index in [1.165, 1.54) is 0 Å². The first-order valence-corrected chi connectivity index (χ1v) is 2.77. The predicted molar refractivity (Wildman–Crippen MR) is 28.7 cm³/mol. The standard InChI is InChI=1S/C5H9NO2.Na/c7-5(8)4-2-1-3-6-4;/h4,6H,1-3H2,(H,7,8);/q;+1. The van der Waals surface area contributed by atoms with E-state index in [0.717, 1.165) is 19.4 Å². The molecule has 1 rings (SSSR count). The molecule has 1 fully saturated rings. The molecule has 0 aliphatic carbocycles. The molecule has 0 aromatic heterocycles. The first kappa shape index (κ1) is 9.43. The third kappa shape index (κ3) is 2.67. The molecular weight excluding hydrogens is 129 g/mol. The van der Waals surface area contributed by atoms with E-state index in [1.807, 2.05) is 0 Å². The molecule has 1 saturated heterocycles. The van der Waals surface area contributed by atoms with Crippen LogP contribution in [0.2, 0.25) is 0 Å². The SMILES string of the molecule is O=C(O)C1CCCN1.[Na+]. The summed E-state index contributed by atoms with van der Waals surface area (Å²) in [5.41, 5.74) is 0. The van der Waals surface area contributed by atoms with Crippen LogP contribution in [-0.2, 0) is 4.79 Å². The normalized spacial score (nSPS) is 25.1. The van der Waals surface area contributed by atoms with E-state index in [1.54, 1.807) is 0 Å². The van der Waals surface area contributed by atoms with Crippen molar-refractivity contribution in [3.8, 4) is 0 Å². The molecule has 0 saturated carbocycles. The molecule has 3 nitrogen and oxygen atoms in total. The number of carboxylic acid groups (broad SMARTS) is 1. The number of rotatable bonds is 1. The van der Waals surface area contributed by atoms with Crippen LogP contribution >= 0.6 is 0 Å². The average Bonchev–Trinajstić information content (AvgIpc) is 2.12. The van der Waals surface area contributed by atoms with E-state index < -0.39 is 5.97 Å². The van der Waals surface area contributed by atoms with Gasteiger partial charge in [-0.05, 0) is 19.4 Å². The third-order valence-electron chi connectivity index (χ3n) is 1.36. The number of carboxylic acids is 1. The van der Waals surface area contributed by atoms with Gasteiger partial charge in [-0.1, -0.05) is 0 Å². The minimum Gasteiger partial charge on any atom is -0.480 e. The number of nitrogens with one attached hydrogen (secondary N) is 1. The van der Waals surface area contributed by atoms with Gasteiger partial charge in [0.15, 0.2) is 0 Å². The molecule has 0 radical (unpaired) electrons. The van der Waals surface area contributed by atoms with Crippen molar-refractivity contribution in [3.05, 3.63) is 0 Å². The van der Waals surface area contributed by atoms with E-state index in [-0.39, 0.29) is 35.6 Å². The minimum atomic E-state index is -0.720.